The molecular weight excluding hydrogens is 296 g/mol. The molecule has 0 bridgehead atoms. The minimum absolute atomic E-state index is 0.620. The summed E-state index contributed by atoms with van der Waals surface area (Å²) in [5.41, 5.74) is 1.28. The van der Waals surface area contributed by atoms with Crippen LogP contribution in [0.15, 0.2) is 24.3 Å². The minimum atomic E-state index is 0.620. The molecule has 1 N–H and O–H groups in total. The van der Waals surface area contributed by atoms with Crippen LogP contribution in [0.1, 0.15) is 30.1 Å². The van der Waals surface area contributed by atoms with Gasteiger partial charge < -0.3 is 14.2 Å². The van der Waals surface area contributed by atoms with Crippen LogP contribution < -0.4 is 9.64 Å². The second kappa shape index (κ2) is 6.22. The number of aromatic nitrogens is 3. The van der Waals surface area contributed by atoms with Gasteiger partial charge in [0.15, 0.2) is 6.67 Å². The Morgan fingerprint density at radius 1 is 1.32 bits per heavy atom. The molecular formula is C16H23N4OS+. The summed E-state index contributed by atoms with van der Waals surface area (Å²) in [7, 11) is 5.88. The molecule has 22 heavy (non-hydrogen) atoms. The van der Waals surface area contributed by atoms with Gasteiger partial charge in [0, 0.05) is 18.5 Å². The molecule has 1 unspecified atom stereocenters. The molecule has 1 aromatic carbocycles. The number of quaternary nitrogens is 1. The standard InChI is InChI=1S/C16H22N4OS/c1-18(10-12-4-8-14(21-3)9-5-12)11-20-16(22)19(2)15(17-20)13-6-7-13/h4-5,8-9,13H,6-7,10-11H2,1-3H3/p+1. The van der Waals surface area contributed by atoms with Gasteiger partial charge in [-0.3, -0.25) is 0 Å². The number of hydrogen-bond donors (Lipinski definition) is 1. The first-order valence-electron chi connectivity index (χ1n) is 7.66. The fraction of sp³-hybridized carbons (Fsp3) is 0.500. The number of nitrogens with one attached hydrogen (secondary N) is 1. The zero-order chi connectivity index (χ0) is 15.7. The summed E-state index contributed by atoms with van der Waals surface area (Å²) in [6.45, 7) is 1.71. The van der Waals surface area contributed by atoms with Crippen molar-refractivity contribution in [2.45, 2.75) is 32.0 Å². The minimum Gasteiger partial charge on any atom is -0.497 e. The van der Waals surface area contributed by atoms with E-state index in [1.54, 1.807) is 7.11 Å². The van der Waals surface area contributed by atoms with E-state index >= 15 is 0 Å². The number of benzene rings is 1. The maximum Gasteiger partial charge on any atom is 0.202 e. The predicted octanol–water partition coefficient (Wildman–Crippen LogP) is 1.51. The van der Waals surface area contributed by atoms with Gasteiger partial charge in [0.05, 0.1) is 14.2 Å². The molecule has 1 atom stereocenters. The SMILES string of the molecule is COc1ccc(C[NH+](C)Cn2nc(C3CC3)n(C)c2=S)cc1. The zero-order valence-corrected chi connectivity index (χ0v) is 14.2. The number of rotatable bonds is 6. The van der Waals surface area contributed by atoms with Crippen LogP contribution >= 0.6 is 12.2 Å². The third-order valence-corrected chi connectivity index (χ3v) is 4.59. The van der Waals surface area contributed by atoms with E-state index in [2.05, 4.69) is 23.7 Å². The van der Waals surface area contributed by atoms with Gasteiger partial charge in [-0.25, -0.2) is 0 Å². The van der Waals surface area contributed by atoms with Crippen molar-refractivity contribution in [1.82, 2.24) is 14.3 Å². The molecule has 0 saturated heterocycles. The summed E-state index contributed by atoms with van der Waals surface area (Å²) < 4.78 is 10.0. The van der Waals surface area contributed by atoms with Crippen LogP contribution in [0.25, 0.3) is 0 Å². The van der Waals surface area contributed by atoms with E-state index in [1.165, 1.54) is 23.3 Å². The maximum atomic E-state index is 5.51. The van der Waals surface area contributed by atoms with Gasteiger partial charge in [0.25, 0.3) is 0 Å². The van der Waals surface area contributed by atoms with Crippen molar-refractivity contribution in [3.63, 3.8) is 0 Å². The Bertz CT molecular complexity index is 700. The lowest BCUT2D eigenvalue weighted by atomic mass is 10.2. The summed E-state index contributed by atoms with van der Waals surface area (Å²) in [6.07, 6.45) is 2.49. The largest absolute Gasteiger partial charge is 0.497 e. The number of hydrogen-bond acceptors (Lipinski definition) is 3. The highest BCUT2D eigenvalue weighted by atomic mass is 32.1. The summed E-state index contributed by atoms with van der Waals surface area (Å²) in [5, 5.41) is 4.71. The highest BCUT2D eigenvalue weighted by Gasteiger charge is 2.29. The molecule has 1 saturated carbocycles. The van der Waals surface area contributed by atoms with Gasteiger partial charge in [-0.1, -0.05) is 0 Å². The lowest BCUT2D eigenvalue weighted by molar-refractivity contribution is -0.917. The van der Waals surface area contributed by atoms with E-state index in [-0.39, 0.29) is 0 Å². The van der Waals surface area contributed by atoms with Crippen molar-refractivity contribution in [1.29, 1.82) is 0 Å². The predicted molar refractivity (Wildman–Crippen MR) is 87.6 cm³/mol. The zero-order valence-electron chi connectivity index (χ0n) is 13.4. The van der Waals surface area contributed by atoms with Gasteiger partial charge >= 0.3 is 0 Å². The molecule has 1 fully saturated rings. The smallest absolute Gasteiger partial charge is 0.202 e. The monoisotopic (exact) mass is 319 g/mol. The van der Waals surface area contributed by atoms with E-state index in [4.69, 9.17) is 22.1 Å². The first kappa shape index (κ1) is 15.2. The first-order chi connectivity index (χ1) is 10.6. The van der Waals surface area contributed by atoms with Gasteiger partial charge in [0.2, 0.25) is 4.77 Å². The Kier molecular flexibility index (Phi) is 4.31. The molecule has 2 aromatic rings. The second-order valence-corrected chi connectivity index (χ2v) is 6.48. The van der Waals surface area contributed by atoms with Gasteiger partial charge in [0.1, 0.15) is 18.1 Å². The van der Waals surface area contributed by atoms with Gasteiger partial charge in [-0.15, -0.1) is 0 Å². The van der Waals surface area contributed by atoms with Crippen LogP contribution in [-0.2, 0) is 20.3 Å². The van der Waals surface area contributed by atoms with Crippen LogP contribution in [0, 0.1) is 4.77 Å². The van der Waals surface area contributed by atoms with E-state index in [9.17, 15) is 0 Å². The average Bonchev–Trinajstić information content (AvgIpc) is 3.31. The molecule has 0 amide bonds. The summed E-state index contributed by atoms with van der Waals surface area (Å²) in [5.74, 6) is 2.65. The summed E-state index contributed by atoms with van der Waals surface area (Å²) in [4.78, 5) is 1.35. The topological polar surface area (TPSA) is 36.4 Å². The normalized spacial score (nSPS) is 15.8. The molecule has 5 nitrogen and oxygen atoms in total. The summed E-state index contributed by atoms with van der Waals surface area (Å²) >= 11 is 5.51. The third kappa shape index (κ3) is 3.23. The molecule has 3 rings (SSSR count). The number of ether oxygens (including phenoxy) is 1. The lowest BCUT2D eigenvalue weighted by Crippen LogP contribution is -3.07. The van der Waals surface area contributed by atoms with E-state index in [0.717, 1.165) is 29.6 Å². The Hall–Kier alpha value is -1.66. The van der Waals surface area contributed by atoms with Crippen molar-refractivity contribution in [2.75, 3.05) is 14.2 Å². The maximum absolute atomic E-state index is 5.51. The highest BCUT2D eigenvalue weighted by molar-refractivity contribution is 7.71. The van der Waals surface area contributed by atoms with Crippen molar-refractivity contribution in [3.05, 3.63) is 40.4 Å². The molecule has 118 valence electrons. The van der Waals surface area contributed by atoms with Crippen molar-refractivity contribution in [3.8, 4) is 5.75 Å². The Morgan fingerprint density at radius 2 is 2.00 bits per heavy atom. The van der Waals surface area contributed by atoms with Crippen molar-refractivity contribution in [2.24, 2.45) is 7.05 Å². The van der Waals surface area contributed by atoms with Gasteiger partial charge in [-0.2, -0.15) is 9.78 Å². The van der Waals surface area contributed by atoms with Crippen LogP contribution in [0.4, 0.5) is 0 Å². The molecule has 1 aliphatic rings. The molecule has 0 radical (unpaired) electrons. The fourth-order valence-electron chi connectivity index (χ4n) is 2.71. The summed E-state index contributed by atoms with van der Waals surface area (Å²) in [6, 6.07) is 8.21. The van der Waals surface area contributed by atoms with Crippen molar-refractivity contribution >= 4 is 12.2 Å². The molecule has 6 heteroatoms. The number of nitrogens with zero attached hydrogens (tertiary/aromatic N) is 3. The average molecular weight is 319 g/mol. The van der Waals surface area contributed by atoms with Crippen LogP contribution in [0.2, 0.25) is 0 Å². The van der Waals surface area contributed by atoms with Gasteiger partial charge in [-0.05, 0) is 49.3 Å². The van der Waals surface area contributed by atoms with E-state index in [0.29, 0.717) is 5.92 Å². The van der Waals surface area contributed by atoms with E-state index in [1.807, 2.05) is 23.9 Å². The Morgan fingerprint density at radius 3 is 2.59 bits per heavy atom. The van der Waals surface area contributed by atoms with Crippen LogP contribution in [0.5, 0.6) is 5.75 Å². The number of methoxy groups -OCH3 is 1. The van der Waals surface area contributed by atoms with Crippen LogP contribution in [0.3, 0.4) is 0 Å². The Labute approximate surface area is 136 Å². The third-order valence-electron chi connectivity index (χ3n) is 4.10. The molecule has 0 spiro atoms. The van der Waals surface area contributed by atoms with Crippen LogP contribution in [-0.4, -0.2) is 28.5 Å². The fourth-order valence-corrected chi connectivity index (χ4v) is 2.91. The Balaban J connectivity index is 1.67. The quantitative estimate of drug-likeness (QED) is 0.820. The lowest BCUT2D eigenvalue weighted by Gasteiger charge is -2.14. The van der Waals surface area contributed by atoms with E-state index < -0.39 is 0 Å². The second-order valence-electron chi connectivity index (χ2n) is 6.11. The van der Waals surface area contributed by atoms with Crippen molar-refractivity contribution < 1.29 is 9.64 Å². The molecule has 1 aliphatic carbocycles. The highest BCUT2D eigenvalue weighted by Crippen LogP contribution is 2.38. The molecule has 1 heterocycles. The molecule has 1 aromatic heterocycles. The first-order valence-corrected chi connectivity index (χ1v) is 8.07. The molecule has 0 aliphatic heterocycles.